The number of anilines is 1. The number of hydrogen-bond donors (Lipinski definition) is 1. The summed E-state index contributed by atoms with van der Waals surface area (Å²) < 4.78 is 4.59. The van der Waals surface area contributed by atoms with Crippen LogP contribution in [0.15, 0.2) is 30.3 Å². The number of hydrogen-bond acceptors (Lipinski definition) is 4. The van der Waals surface area contributed by atoms with Gasteiger partial charge >= 0.3 is 12.0 Å². The molecular weight excluding hydrogens is 246 g/mol. The summed E-state index contributed by atoms with van der Waals surface area (Å²) >= 11 is 0. The van der Waals surface area contributed by atoms with Crippen LogP contribution in [0.3, 0.4) is 0 Å². The molecule has 2 amide bonds. The van der Waals surface area contributed by atoms with Crippen LogP contribution in [-0.2, 0) is 9.53 Å². The molecule has 1 saturated heterocycles. The fourth-order valence-corrected chi connectivity index (χ4v) is 2.06. The first-order valence-electron chi connectivity index (χ1n) is 6.12. The third-order valence-corrected chi connectivity index (χ3v) is 3.10. The Bertz CT molecular complexity index is 463. The largest absolute Gasteiger partial charge is 0.469 e. The van der Waals surface area contributed by atoms with Gasteiger partial charge in [-0.05, 0) is 19.1 Å². The van der Waals surface area contributed by atoms with Crippen molar-refractivity contribution in [2.75, 3.05) is 18.6 Å². The SMILES string of the molecule is COC(=O)CCN1NC(=O)N(c2ccccc2)C1C. The Hall–Kier alpha value is -2.08. The van der Waals surface area contributed by atoms with Crippen molar-refractivity contribution in [1.82, 2.24) is 10.4 Å². The number of urea groups is 1. The molecule has 0 bridgehead atoms. The van der Waals surface area contributed by atoms with E-state index in [1.807, 2.05) is 37.3 Å². The summed E-state index contributed by atoms with van der Waals surface area (Å²) in [5.41, 5.74) is 3.57. The number of hydrazine groups is 1. The van der Waals surface area contributed by atoms with E-state index in [4.69, 9.17) is 0 Å². The van der Waals surface area contributed by atoms with E-state index in [9.17, 15) is 9.59 Å². The third-order valence-electron chi connectivity index (χ3n) is 3.10. The number of ether oxygens (including phenoxy) is 1. The van der Waals surface area contributed by atoms with Crippen LogP contribution >= 0.6 is 0 Å². The van der Waals surface area contributed by atoms with Gasteiger partial charge in [0.25, 0.3) is 0 Å². The molecule has 1 heterocycles. The van der Waals surface area contributed by atoms with Crippen molar-refractivity contribution >= 4 is 17.7 Å². The second-order valence-electron chi connectivity index (χ2n) is 4.27. The minimum absolute atomic E-state index is 0.153. The molecule has 0 aromatic heterocycles. The molecule has 0 saturated carbocycles. The van der Waals surface area contributed by atoms with Gasteiger partial charge in [0.2, 0.25) is 0 Å². The molecule has 19 heavy (non-hydrogen) atoms. The van der Waals surface area contributed by atoms with Gasteiger partial charge in [-0.25, -0.2) is 4.79 Å². The van der Waals surface area contributed by atoms with Crippen molar-refractivity contribution in [2.45, 2.75) is 19.5 Å². The van der Waals surface area contributed by atoms with Crippen molar-refractivity contribution in [3.05, 3.63) is 30.3 Å². The number of esters is 1. The molecule has 0 radical (unpaired) electrons. The van der Waals surface area contributed by atoms with E-state index in [0.717, 1.165) is 5.69 Å². The highest BCUT2D eigenvalue weighted by molar-refractivity contribution is 5.94. The van der Waals surface area contributed by atoms with E-state index in [2.05, 4.69) is 10.2 Å². The van der Waals surface area contributed by atoms with Crippen molar-refractivity contribution in [2.24, 2.45) is 0 Å². The summed E-state index contributed by atoms with van der Waals surface area (Å²) in [6.45, 7) is 2.32. The maximum absolute atomic E-state index is 12.0. The molecule has 0 aliphatic carbocycles. The molecule has 1 N–H and O–H groups in total. The van der Waals surface area contributed by atoms with Crippen molar-refractivity contribution in [3.63, 3.8) is 0 Å². The zero-order chi connectivity index (χ0) is 13.8. The first kappa shape index (κ1) is 13.4. The second-order valence-corrected chi connectivity index (χ2v) is 4.27. The first-order valence-corrected chi connectivity index (χ1v) is 6.12. The van der Waals surface area contributed by atoms with Crippen molar-refractivity contribution in [3.8, 4) is 0 Å². The Morgan fingerprint density at radius 1 is 1.37 bits per heavy atom. The van der Waals surface area contributed by atoms with Gasteiger partial charge in [-0.2, -0.15) is 5.01 Å². The number of carbonyl (C=O) groups is 2. The number of amides is 2. The number of nitrogens with zero attached hydrogens (tertiary/aromatic N) is 2. The normalized spacial score (nSPS) is 19.4. The fraction of sp³-hybridized carbons (Fsp3) is 0.385. The molecule has 1 atom stereocenters. The molecule has 1 aliphatic rings. The van der Waals surface area contributed by atoms with Crippen LogP contribution in [0.1, 0.15) is 13.3 Å². The smallest absolute Gasteiger partial charge is 0.337 e. The van der Waals surface area contributed by atoms with E-state index >= 15 is 0 Å². The molecule has 1 aliphatic heterocycles. The number of para-hydroxylation sites is 1. The molecule has 102 valence electrons. The quantitative estimate of drug-likeness (QED) is 0.833. The lowest BCUT2D eigenvalue weighted by Crippen LogP contribution is -2.40. The predicted octanol–water partition coefficient (Wildman–Crippen LogP) is 1.34. The molecule has 1 aromatic carbocycles. The average molecular weight is 263 g/mol. The van der Waals surface area contributed by atoms with Crippen LogP contribution in [0, 0.1) is 0 Å². The van der Waals surface area contributed by atoms with E-state index in [-0.39, 0.29) is 24.6 Å². The molecular formula is C13H17N3O3. The van der Waals surface area contributed by atoms with Gasteiger partial charge in [-0.3, -0.25) is 15.1 Å². The van der Waals surface area contributed by atoms with Crippen LogP contribution in [-0.4, -0.2) is 36.8 Å². The minimum atomic E-state index is -0.292. The number of benzene rings is 1. The zero-order valence-electron chi connectivity index (χ0n) is 11.0. The Balaban J connectivity index is 2.04. The summed E-state index contributed by atoms with van der Waals surface area (Å²) in [7, 11) is 1.35. The van der Waals surface area contributed by atoms with E-state index in [1.54, 1.807) is 9.91 Å². The monoisotopic (exact) mass is 263 g/mol. The molecule has 1 unspecified atom stereocenters. The van der Waals surface area contributed by atoms with E-state index in [0.29, 0.717) is 6.54 Å². The summed E-state index contributed by atoms with van der Waals surface area (Å²) in [5.74, 6) is -0.292. The van der Waals surface area contributed by atoms with Gasteiger partial charge in [0.1, 0.15) is 6.17 Å². The lowest BCUT2D eigenvalue weighted by molar-refractivity contribution is -0.141. The molecule has 6 heteroatoms. The molecule has 1 fully saturated rings. The standard InChI is InChI=1S/C13H17N3O3/c1-10-15(9-8-12(17)19-2)14-13(18)16(10)11-6-4-3-5-7-11/h3-7,10H,8-9H2,1-2H3,(H,14,18). The maximum atomic E-state index is 12.0. The summed E-state index contributed by atoms with van der Waals surface area (Å²) in [4.78, 5) is 24.7. The van der Waals surface area contributed by atoms with Crippen LogP contribution in [0.25, 0.3) is 0 Å². The zero-order valence-corrected chi connectivity index (χ0v) is 11.0. The molecule has 2 rings (SSSR count). The Labute approximate surface area is 111 Å². The Kier molecular flexibility index (Phi) is 4.01. The van der Waals surface area contributed by atoms with Gasteiger partial charge in [-0.1, -0.05) is 18.2 Å². The van der Waals surface area contributed by atoms with Crippen LogP contribution in [0.2, 0.25) is 0 Å². The highest BCUT2D eigenvalue weighted by Gasteiger charge is 2.35. The molecule has 1 aromatic rings. The minimum Gasteiger partial charge on any atom is -0.469 e. The third kappa shape index (κ3) is 2.85. The summed E-state index contributed by atoms with van der Waals surface area (Å²) in [6, 6.07) is 9.22. The van der Waals surface area contributed by atoms with Gasteiger partial charge in [0.05, 0.1) is 13.5 Å². The maximum Gasteiger partial charge on any atom is 0.337 e. The summed E-state index contributed by atoms with van der Waals surface area (Å²) in [6.07, 6.45) is 0.0866. The van der Waals surface area contributed by atoms with E-state index in [1.165, 1.54) is 7.11 Å². The first-order chi connectivity index (χ1) is 9.13. The van der Waals surface area contributed by atoms with Gasteiger partial charge in [-0.15, -0.1) is 0 Å². The van der Waals surface area contributed by atoms with Gasteiger partial charge in [0, 0.05) is 12.2 Å². The highest BCUT2D eigenvalue weighted by Crippen LogP contribution is 2.22. The van der Waals surface area contributed by atoms with Gasteiger partial charge < -0.3 is 4.74 Å². The molecule has 6 nitrogen and oxygen atoms in total. The van der Waals surface area contributed by atoms with Crippen molar-refractivity contribution in [1.29, 1.82) is 0 Å². The van der Waals surface area contributed by atoms with E-state index < -0.39 is 0 Å². The van der Waals surface area contributed by atoms with Crippen LogP contribution in [0.4, 0.5) is 10.5 Å². The van der Waals surface area contributed by atoms with Crippen molar-refractivity contribution < 1.29 is 14.3 Å². The molecule has 0 spiro atoms. The topological polar surface area (TPSA) is 61.9 Å². The average Bonchev–Trinajstić information content (AvgIpc) is 2.71. The number of carbonyl (C=O) groups excluding carboxylic acids is 2. The fourth-order valence-electron chi connectivity index (χ4n) is 2.06. The Morgan fingerprint density at radius 3 is 2.68 bits per heavy atom. The summed E-state index contributed by atoms with van der Waals surface area (Å²) in [5, 5.41) is 1.73. The van der Waals surface area contributed by atoms with Crippen LogP contribution < -0.4 is 10.3 Å². The van der Waals surface area contributed by atoms with Crippen LogP contribution in [0.5, 0.6) is 0 Å². The second kappa shape index (κ2) is 5.71. The number of nitrogens with one attached hydrogen (secondary N) is 1. The lowest BCUT2D eigenvalue weighted by atomic mass is 10.3. The highest BCUT2D eigenvalue weighted by atomic mass is 16.5. The number of rotatable bonds is 4. The number of methoxy groups -OCH3 is 1. The Morgan fingerprint density at radius 2 is 2.05 bits per heavy atom. The predicted molar refractivity (Wildman–Crippen MR) is 70.3 cm³/mol. The van der Waals surface area contributed by atoms with Gasteiger partial charge in [0.15, 0.2) is 0 Å². The lowest BCUT2D eigenvalue weighted by Gasteiger charge is -2.24.